The molecular weight excluding hydrogens is 504 g/mol. The van der Waals surface area contributed by atoms with Crippen molar-refractivity contribution in [2.75, 3.05) is 26.4 Å². The zero-order valence-corrected chi connectivity index (χ0v) is 21.7. The lowest BCUT2D eigenvalue weighted by Gasteiger charge is -2.58. The Kier molecular flexibility index (Phi) is 6.74. The van der Waals surface area contributed by atoms with Gasteiger partial charge >= 0.3 is 23.9 Å². The third-order valence-corrected chi connectivity index (χ3v) is 7.36. The van der Waals surface area contributed by atoms with Crippen molar-refractivity contribution in [3.63, 3.8) is 0 Å². The molecule has 0 radical (unpaired) electrons. The highest BCUT2D eigenvalue weighted by atomic mass is 16.6. The second-order valence-electron chi connectivity index (χ2n) is 9.79. The van der Waals surface area contributed by atoms with Crippen LogP contribution in [0.1, 0.15) is 36.1 Å². The minimum atomic E-state index is -1.39. The fourth-order valence-electron chi connectivity index (χ4n) is 5.93. The van der Waals surface area contributed by atoms with Gasteiger partial charge in [-0.2, -0.15) is 0 Å². The molecule has 2 aromatic rings. The molecule has 1 heterocycles. The average Bonchev–Trinajstić information content (AvgIpc) is 3.24. The Labute approximate surface area is 225 Å². The molecule has 0 N–H and O–H groups in total. The summed E-state index contributed by atoms with van der Waals surface area (Å²) in [6.07, 6.45) is 0. The molecule has 1 fully saturated rings. The Bertz CT molecular complexity index is 1250. The van der Waals surface area contributed by atoms with E-state index in [1.165, 1.54) is 0 Å². The summed E-state index contributed by atoms with van der Waals surface area (Å²) in [4.78, 5) is 50.5. The molecule has 6 rings (SSSR count). The number of esters is 4. The number of carbonyl (C=O) groups is 4. The van der Waals surface area contributed by atoms with E-state index in [4.69, 9.17) is 23.7 Å². The maximum atomic E-state index is 13.3. The number of benzene rings is 2. The molecule has 0 saturated carbocycles. The van der Waals surface area contributed by atoms with Crippen LogP contribution < -0.4 is 0 Å². The van der Waals surface area contributed by atoms with E-state index in [1.807, 2.05) is 48.5 Å². The van der Waals surface area contributed by atoms with Gasteiger partial charge in [0.1, 0.15) is 36.3 Å². The normalized spacial score (nSPS) is 25.7. The van der Waals surface area contributed by atoms with Crippen LogP contribution in [0.4, 0.5) is 0 Å². The van der Waals surface area contributed by atoms with E-state index >= 15 is 0 Å². The molecule has 9 nitrogen and oxygen atoms in total. The van der Waals surface area contributed by atoms with E-state index in [0.29, 0.717) is 22.3 Å². The van der Waals surface area contributed by atoms with Crippen molar-refractivity contribution < 1.29 is 42.9 Å². The van der Waals surface area contributed by atoms with Crippen LogP contribution in [0.3, 0.4) is 0 Å². The molecule has 9 heteroatoms. The Morgan fingerprint density at radius 1 is 0.692 bits per heavy atom. The van der Waals surface area contributed by atoms with Crippen LogP contribution in [0.15, 0.2) is 72.8 Å². The van der Waals surface area contributed by atoms with Crippen molar-refractivity contribution in [1.29, 1.82) is 0 Å². The largest absolute Gasteiger partial charge is 0.460 e. The Morgan fingerprint density at radius 2 is 1.03 bits per heavy atom. The summed E-state index contributed by atoms with van der Waals surface area (Å²) in [6.45, 7) is 9.94. The van der Waals surface area contributed by atoms with Gasteiger partial charge in [0.15, 0.2) is 0 Å². The highest BCUT2D eigenvalue weighted by Gasteiger charge is 2.74. The fourth-order valence-corrected chi connectivity index (χ4v) is 5.93. The molecule has 1 saturated heterocycles. The molecule has 2 unspecified atom stereocenters. The zero-order valence-electron chi connectivity index (χ0n) is 21.7. The number of ether oxygens (including phenoxy) is 5. The van der Waals surface area contributed by atoms with Gasteiger partial charge in [0.2, 0.25) is 0 Å². The van der Waals surface area contributed by atoms with Crippen LogP contribution in [-0.2, 0) is 54.1 Å². The van der Waals surface area contributed by atoms with E-state index in [0.717, 1.165) is 0 Å². The van der Waals surface area contributed by atoms with Crippen LogP contribution >= 0.6 is 0 Å². The summed E-state index contributed by atoms with van der Waals surface area (Å²) < 4.78 is 28.7. The predicted molar refractivity (Wildman–Crippen MR) is 136 cm³/mol. The summed E-state index contributed by atoms with van der Waals surface area (Å²) >= 11 is 0. The molecule has 0 aromatic heterocycles. The maximum Gasteiger partial charge on any atom is 0.333 e. The van der Waals surface area contributed by atoms with E-state index in [9.17, 15) is 19.2 Å². The van der Waals surface area contributed by atoms with Gasteiger partial charge in [-0.3, -0.25) is 9.59 Å². The van der Waals surface area contributed by atoms with E-state index in [2.05, 4.69) is 13.2 Å². The quantitative estimate of drug-likeness (QED) is 0.150. The third-order valence-electron chi connectivity index (χ3n) is 7.36. The lowest BCUT2D eigenvalue weighted by atomic mass is 9.50. The molecule has 4 aliphatic rings. The highest BCUT2D eigenvalue weighted by molar-refractivity contribution is 6.01. The number of hydrogen-bond donors (Lipinski definition) is 0. The first kappa shape index (κ1) is 26.5. The molecule has 2 atom stereocenters. The number of cyclic esters (lactones) is 2. The fraction of sp³-hybridized carbons (Fsp3) is 0.333. The van der Waals surface area contributed by atoms with Crippen molar-refractivity contribution in [1.82, 2.24) is 0 Å². The molecule has 2 aromatic carbocycles. The number of carbonyl (C=O) groups excluding carboxylic acids is 4. The van der Waals surface area contributed by atoms with Gasteiger partial charge in [0.25, 0.3) is 0 Å². The monoisotopic (exact) mass is 532 g/mol. The van der Waals surface area contributed by atoms with Gasteiger partial charge in [-0.1, -0.05) is 61.7 Å². The molecule has 39 heavy (non-hydrogen) atoms. The molecule has 202 valence electrons. The summed E-state index contributed by atoms with van der Waals surface area (Å²) in [5.41, 5.74) is 0.273. The van der Waals surface area contributed by atoms with Crippen molar-refractivity contribution in [3.05, 3.63) is 95.1 Å². The highest BCUT2D eigenvalue weighted by Crippen LogP contribution is 2.67. The Balaban J connectivity index is 1.60. The van der Waals surface area contributed by atoms with Gasteiger partial charge < -0.3 is 23.7 Å². The second-order valence-corrected chi connectivity index (χ2v) is 9.79. The van der Waals surface area contributed by atoms with Gasteiger partial charge in [0.05, 0.1) is 13.2 Å². The van der Waals surface area contributed by atoms with E-state index < -0.39 is 46.9 Å². The third kappa shape index (κ3) is 3.92. The number of rotatable bonds is 10. The molecule has 1 aliphatic heterocycles. The van der Waals surface area contributed by atoms with Crippen LogP contribution in [-0.4, -0.2) is 50.3 Å². The number of hydrogen-bond acceptors (Lipinski definition) is 9. The SMILES string of the molecule is C=C(C)C(=O)OCCOC12c3ccccc3C(OCCOC(=O)C(=C)C)(c3ccccc31)C1C(=O)OC(=O)C12. The zero-order chi connectivity index (χ0) is 27.9. The topological polar surface area (TPSA) is 114 Å². The Hall–Kier alpha value is -4.08. The van der Waals surface area contributed by atoms with Crippen molar-refractivity contribution >= 4 is 23.9 Å². The minimum absolute atomic E-state index is 0.0584. The van der Waals surface area contributed by atoms with Crippen LogP contribution in [0.25, 0.3) is 0 Å². The van der Waals surface area contributed by atoms with Gasteiger partial charge in [0, 0.05) is 11.1 Å². The van der Waals surface area contributed by atoms with Gasteiger partial charge in [-0.15, -0.1) is 0 Å². The lowest BCUT2D eigenvalue weighted by Crippen LogP contribution is -2.63. The smallest absolute Gasteiger partial charge is 0.333 e. The van der Waals surface area contributed by atoms with Crippen LogP contribution in [0, 0.1) is 11.8 Å². The first-order valence-corrected chi connectivity index (χ1v) is 12.5. The standard InChI is InChI=1S/C30H28O9/c1-17(2)25(31)35-13-15-37-29-19-9-5-7-11-21(19)30(22-12-8-6-10-20(22)29,24-23(29)27(33)39-28(24)34)38-16-14-36-26(32)18(3)4/h5-12,23-24H,1,3,13-16H2,2,4H3. The molecule has 0 amide bonds. The first-order valence-electron chi connectivity index (χ1n) is 12.5. The molecule has 2 bridgehead atoms. The molecule has 3 aliphatic carbocycles. The van der Waals surface area contributed by atoms with Crippen LogP contribution in [0.2, 0.25) is 0 Å². The van der Waals surface area contributed by atoms with Crippen molar-refractivity contribution in [2.24, 2.45) is 11.8 Å². The summed E-state index contributed by atoms with van der Waals surface area (Å²) in [6, 6.07) is 14.6. The summed E-state index contributed by atoms with van der Waals surface area (Å²) in [5, 5.41) is 0. The summed E-state index contributed by atoms with van der Waals surface area (Å²) in [5.74, 6) is -4.70. The Morgan fingerprint density at radius 3 is 1.33 bits per heavy atom. The average molecular weight is 533 g/mol. The predicted octanol–water partition coefficient (Wildman–Crippen LogP) is 3.09. The summed E-state index contributed by atoms with van der Waals surface area (Å²) in [7, 11) is 0. The van der Waals surface area contributed by atoms with Gasteiger partial charge in [-0.25, -0.2) is 9.59 Å². The van der Waals surface area contributed by atoms with Crippen molar-refractivity contribution in [3.8, 4) is 0 Å². The molecular formula is C30H28O9. The molecule has 0 spiro atoms. The first-order chi connectivity index (χ1) is 18.7. The van der Waals surface area contributed by atoms with E-state index in [-0.39, 0.29) is 37.6 Å². The lowest BCUT2D eigenvalue weighted by molar-refractivity contribution is -0.183. The second kappa shape index (κ2) is 9.91. The van der Waals surface area contributed by atoms with Crippen LogP contribution in [0.5, 0.6) is 0 Å². The maximum absolute atomic E-state index is 13.3. The van der Waals surface area contributed by atoms with E-state index in [1.54, 1.807) is 13.8 Å². The van der Waals surface area contributed by atoms with Crippen molar-refractivity contribution in [2.45, 2.75) is 25.0 Å². The minimum Gasteiger partial charge on any atom is -0.460 e. The van der Waals surface area contributed by atoms with Gasteiger partial charge in [-0.05, 0) is 36.1 Å².